The quantitative estimate of drug-likeness (QED) is 0.822. The predicted octanol–water partition coefficient (Wildman–Crippen LogP) is -0.000800. The Bertz CT molecular complexity index is 564. The summed E-state index contributed by atoms with van der Waals surface area (Å²) in [5.74, 6) is -0.387. The first-order valence-electron chi connectivity index (χ1n) is 7.49. The zero-order chi connectivity index (χ0) is 15.7. The van der Waals surface area contributed by atoms with Crippen LogP contribution < -0.4 is 10.6 Å². The fourth-order valence-electron chi connectivity index (χ4n) is 3.25. The maximum atomic E-state index is 12.5. The van der Waals surface area contributed by atoms with Crippen molar-refractivity contribution in [2.75, 3.05) is 20.6 Å². The molecule has 22 heavy (non-hydrogen) atoms. The molecule has 0 saturated carbocycles. The molecule has 0 aromatic carbocycles. The summed E-state index contributed by atoms with van der Waals surface area (Å²) in [6.45, 7) is 1.44. The van der Waals surface area contributed by atoms with E-state index in [2.05, 4.69) is 15.6 Å². The number of hydrogen-bond acceptors (Lipinski definition) is 5. The van der Waals surface area contributed by atoms with Gasteiger partial charge in [0.15, 0.2) is 0 Å². The van der Waals surface area contributed by atoms with Crippen molar-refractivity contribution in [2.45, 2.75) is 25.2 Å². The lowest BCUT2D eigenvalue weighted by molar-refractivity contribution is -0.140. The van der Waals surface area contributed by atoms with Gasteiger partial charge in [0.2, 0.25) is 5.91 Å². The lowest BCUT2D eigenvalue weighted by Gasteiger charge is -2.47. The Kier molecular flexibility index (Phi) is 4.08. The Morgan fingerprint density at radius 1 is 1.41 bits per heavy atom. The highest BCUT2D eigenvalue weighted by molar-refractivity contribution is 5.98. The number of carbonyl (C=O) groups excluding carboxylic acids is 2. The molecule has 7 nitrogen and oxygen atoms in total. The van der Waals surface area contributed by atoms with Crippen LogP contribution in [0.3, 0.4) is 0 Å². The number of rotatable bonds is 3. The van der Waals surface area contributed by atoms with Crippen molar-refractivity contribution >= 4 is 11.9 Å². The average Bonchev–Trinajstić information content (AvgIpc) is 2.56. The standard InChI is InChI=1S/C15H21N5O2/c1-19-13-12(14(21)20(2)15(19)22)11(5-7-17-13)18-9-10-4-3-6-16-8-10/h3-4,6,8,11-13,17-18H,5,7,9H2,1-2H3. The van der Waals surface area contributed by atoms with Crippen LogP contribution in [0.4, 0.5) is 4.79 Å². The van der Waals surface area contributed by atoms with E-state index in [4.69, 9.17) is 0 Å². The number of carbonyl (C=O) groups is 2. The van der Waals surface area contributed by atoms with Crippen LogP contribution in [0.1, 0.15) is 12.0 Å². The van der Waals surface area contributed by atoms with Crippen LogP contribution in [-0.4, -0.2) is 59.6 Å². The molecule has 3 atom stereocenters. The van der Waals surface area contributed by atoms with Crippen LogP contribution in [0.2, 0.25) is 0 Å². The van der Waals surface area contributed by atoms with E-state index in [1.807, 2.05) is 18.3 Å². The second kappa shape index (κ2) is 6.02. The zero-order valence-corrected chi connectivity index (χ0v) is 12.8. The maximum absolute atomic E-state index is 12.5. The largest absolute Gasteiger partial charge is 0.327 e. The molecule has 2 aliphatic rings. The number of pyridine rings is 1. The fourth-order valence-corrected chi connectivity index (χ4v) is 3.25. The molecule has 2 saturated heterocycles. The normalized spacial score (nSPS) is 28.7. The topological polar surface area (TPSA) is 77.6 Å². The van der Waals surface area contributed by atoms with Gasteiger partial charge >= 0.3 is 6.03 Å². The van der Waals surface area contributed by atoms with E-state index in [-0.39, 0.29) is 30.1 Å². The molecule has 0 aliphatic carbocycles. The molecule has 3 amide bonds. The highest BCUT2D eigenvalue weighted by Gasteiger charge is 2.48. The average molecular weight is 303 g/mol. The zero-order valence-electron chi connectivity index (χ0n) is 12.8. The van der Waals surface area contributed by atoms with Gasteiger partial charge < -0.3 is 10.2 Å². The molecule has 118 valence electrons. The minimum absolute atomic E-state index is 0.0388. The molecule has 3 rings (SSSR count). The van der Waals surface area contributed by atoms with Gasteiger partial charge in [-0.3, -0.25) is 20.0 Å². The lowest BCUT2D eigenvalue weighted by atomic mass is 9.86. The van der Waals surface area contributed by atoms with Gasteiger partial charge in [-0.05, 0) is 24.6 Å². The van der Waals surface area contributed by atoms with Crippen molar-refractivity contribution in [2.24, 2.45) is 5.92 Å². The van der Waals surface area contributed by atoms with Crippen LogP contribution in [-0.2, 0) is 11.3 Å². The van der Waals surface area contributed by atoms with Crippen molar-refractivity contribution < 1.29 is 9.59 Å². The minimum Gasteiger partial charge on any atom is -0.311 e. The Balaban J connectivity index is 1.74. The minimum atomic E-state index is -0.266. The number of urea groups is 1. The Labute approximate surface area is 129 Å². The number of piperidine rings is 1. The van der Waals surface area contributed by atoms with Gasteiger partial charge in [-0.1, -0.05) is 6.07 Å². The van der Waals surface area contributed by atoms with E-state index >= 15 is 0 Å². The van der Waals surface area contributed by atoms with Gasteiger partial charge in [0.1, 0.15) is 0 Å². The molecule has 3 unspecified atom stereocenters. The van der Waals surface area contributed by atoms with Gasteiger partial charge in [-0.25, -0.2) is 4.79 Å². The third-order valence-corrected chi connectivity index (χ3v) is 4.50. The molecular weight excluding hydrogens is 282 g/mol. The number of nitrogens with one attached hydrogen (secondary N) is 2. The van der Waals surface area contributed by atoms with E-state index in [0.29, 0.717) is 6.54 Å². The van der Waals surface area contributed by atoms with Gasteiger partial charge in [0, 0.05) is 39.1 Å². The fraction of sp³-hybridized carbons (Fsp3) is 0.533. The molecule has 2 fully saturated rings. The second-order valence-corrected chi connectivity index (χ2v) is 5.85. The van der Waals surface area contributed by atoms with E-state index in [0.717, 1.165) is 18.5 Å². The number of imide groups is 1. The Hall–Kier alpha value is -1.99. The Morgan fingerprint density at radius 3 is 2.95 bits per heavy atom. The first-order valence-corrected chi connectivity index (χ1v) is 7.49. The van der Waals surface area contributed by atoms with Crippen molar-refractivity contribution in [1.82, 2.24) is 25.4 Å². The summed E-state index contributed by atoms with van der Waals surface area (Å²) in [6, 6.07) is 3.68. The summed E-state index contributed by atoms with van der Waals surface area (Å²) in [4.78, 5) is 31.5. The van der Waals surface area contributed by atoms with Crippen LogP contribution in [0.25, 0.3) is 0 Å². The van der Waals surface area contributed by atoms with Crippen molar-refractivity contribution in [3.05, 3.63) is 30.1 Å². The second-order valence-electron chi connectivity index (χ2n) is 5.85. The van der Waals surface area contributed by atoms with Crippen LogP contribution >= 0.6 is 0 Å². The predicted molar refractivity (Wildman–Crippen MR) is 80.7 cm³/mol. The smallest absolute Gasteiger partial charge is 0.311 e. The molecule has 0 bridgehead atoms. The van der Waals surface area contributed by atoms with Crippen molar-refractivity contribution in [1.29, 1.82) is 0 Å². The molecule has 7 heteroatoms. The molecule has 2 aliphatic heterocycles. The van der Waals surface area contributed by atoms with E-state index < -0.39 is 0 Å². The monoisotopic (exact) mass is 303 g/mol. The van der Waals surface area contributed by atoms with Gasteiger partial charge in [-0.2, -0.15) is 0 Å². The van der Waals surface area contributed by atoms with Gasteiger partial charge in [-0.15, -0.1) is 0 Å². The summed E-state index contributed by atoms with van der Waals surface area (Å²) in [5.41, 5.74) is 1.08. The third kappa shape index (κ3) is 2.57. The summed E-state index contributed by atoms with van der Waals surface area (Å²) >= 11 is 0. The number of aromatic nitrogens is 1. The highest BCUT2D eigenvalue weighted by atomic mass is 16.2. The van der Waals surface area contributed by atoms with Gasteiger partial charge in [0.05, 0.1) is 12.1 Å². The molecule has 1 aromatic rings. The molecule has 0 spiro atoms. The SMILES string of the molecule is CN1C(=O)C2C(NCc3cccnc3)CCNC2N(C)C1=O. The summed E-state index contributed by atoms with van der Waals surface area (Å²) in [5, 5.41) is 6.74. The molecule has 0 radical (unpaired) electrons. The van der Waals surface area contributed by atoms with Gasteiger partial charge in [0.25, 0.3) is 0 Å². The molecule has 2 N–H and O–H groups in total. The third-order valence-electron chi connectivity index (χ3n) is 4.50. The molecule has 1 aromatic heterocycles. The number of fused-ring (bicyclic) bond motifs is 1. The number of nitrogens with zero attached hydrogens (tertiary/aromatic N) is 3. The highest BCUT2D eigenvalue weighted by Crippen LogP contribution is 2.26. The van der Waals surface area contributed by atoms with Crippen molar-refractivity contribution in [3.63, 3.8) is 0 Å². The summed E-state index contributed by atoms with van der Waals surface area (Å²) in [7, 11) is 3.28. The lowest BCUT2D eigenvalue weighted by Crippen LogP contribution is -2.70. The van der Waals surface area contributed by atoms with Crippen LogP contribution in [0.5, 0.6) is 0 Å². The Morgan fingerprint density at radius 2 is 2.23 bits per heavy atom. The summed E-state index contributed by atoms with van der Waals surface area (Å²) < 4.78 is 0. The van der Waals surface area contributed by atoms with E-state index in [9.17, 15) is 9.59 Å². The van der Waals surface area contributed by atoms with Crippen LogP contribution in [0.15, 0.2) is 24.5 Å². The first kappa shape index (κ1) is 14.9. The maximum Gasteiger partial charge on any atom is 0.327 e. The van der Waals surface area contributed by atoms with Crippen molar-refractivity contribution in [3.8, 4) is 0 Å². The number of amides is 3. The molecule has 3 heterocycles. The first-order chi connectivity index (χ1) is 10.6. The number of hydrogen-bond donors (Lipinski definition) is 2. The van der Waals surface area contributed by atoms with Crippen LogP contribution in [0, 0.1) is 5.92 Å². The van der Waals surface area contributed by atoms with E-state index in [1.54, 1.807) is 25.2 Å². The van der Waals surface area contributed by atoms with E-state index in [1.165, 1.54) is 4.90 Å². The molecular formula is C15H21N5O2. The summed E-state index contributed by atoms with van der Waals surface area (Å²) in [6.07, 6.45) is 4.17.